The van der Waals surface area contributed by atoms with Crippen LogP contribution in [0.4, 0.5) is 17.1 Å². The molecule has 1 aliphatic rings. The van der Waals surface area contributed by atoms with Gasteiger partial charge in [0, 0.05) is 17.7 Å². The van der Waals surface area contributed by atoms with Crippen LogP contribution in [0.1, 0.15) is 10.4 Å². The predicted octanol–water partition coefficient (Wildman–Crippen LogP) is 1.19. The van der Waals surface area contributed by atoms with Gasteiger partial charge in [-0.15, -0.1) is 0 Å². The van der Waals surface area contributed by atoms with Crippen molar-refractivity contribution in [3.8, 4) is 5.75 Å². The topological polar surface area (TPSA) is 89.1 Å². The molecule has 2 N–H and O–H groups in total. The van der Waals surface area contributed by atoms with Crippen molar-refractivity contribution in [2.75, 3.05) is 50.6 Å². The zero-order chi connectivity index (χ0) is 19.4. The number of quaternary nitrogens is 1. The number of anilines is 2. The standard InChI is InChI=1S/C19H22N4O4/c1-21-9-11-22(12-10-21)18-8-5-15(23(25)26)13-17(18)20-19(24)14-3-6-16(27-2)7-4-14/h3-8,13H,9-12H2,1-2H3,(H,20,24)/p+1. The van der Waals surface area contributed by atoms with Crippen LogP contribution in [-0.2, 0) is 0 Å². The van der Waals surface area contributed by atoms with Crippen LogP contribution in [0, 0.1) is 10.1 Å². The van der Waals surface area contributed by atoms with Gasteiger partial charge in [-0.2, -0.15) is 0 Å². The van der Waals surface area contributed by atoms with Crippen LogP contribution in [0.15, 0.2) is 42.5 Å². The van der Waals surface area contributed by atoms with Crippen LogP contribution >= 0.6 is 0 Å². The Morgan fingerprint density at radius 1 is 1.19 bits per heavy atom. The zero-order valence-corrected chi connectivity index (χ0v) is 15.4. The summed E-state index contributed by atoms with van der Waals surface area (Å²) >= 11 is 0. The highest BCUT2D eigenvalue weighted by Gasteiger charge is 2.22. The Kier molecular flexibility index (Phi) is 5.56. The molecule has 0 spiro atoms. The SMILES string of the molecule is COc1ccc(C(=O)Nc2cc([N+](=O)[O-])ccc2N2CC[NH+](C)CC2)cc1. The summed E-state index contributed by atoms with van der Waals surface area (Å²) in [5, 5.41) is 14.0. The molecule has 0 aromatic heterocycles. The number of nitro groups is 1. The van der Waals surface area contributed by atoms with Gasteiger partial charge in [0.2, 0.25) is 0 Å². The third kappa shape index (κ3) is 4.35. The molecule has 1 aliphatic heterocycles. The van der Waals surface area contributed by atoms with Gasteiger partial charge in [-0.05, 0) is 30.3 Å². The number of nitrogens with one attached hydrogen (secondary N) is 2. The van der Waals surface area contributed by atoms with Crippen LogP contribution in [0.2, 0.25) is 0 Å². The van der Waals surface area contributed by atoms with Crippen molar-refractivity contribution in [1.82, 2.24) is 0 Å². The molecule has 0 atom stereocenters. The van der Waals surface area contributed by atoms with Crippen LogP contribution in [0.5, 0.6) is 5.75 Å². The van der Waals surface area contributed by atoms with E-state index >= 15 is 0 Å². The highest BCUT2D eigenvalue weighted by molar-refractivity contribution is 6.06. The lowest BCUT2D eigenvalue weighted by atomic mass is 10.1. The average molecular weight is 371 g/mol. The number of piperazine rings is 1. The summed E-state index contributed by atoms with van der Waals surface area (Å²) in [7, 11) is 3.70. The number of non-ortho nitro benzene ring substituents is 1. The molecule has 0 aliphatic carbocycles. The Hall–Kier alpha value is -3.13. The second-order valence-corrected chi connectivity index (χ2v) is 6.59. The van der Waals surface area contributed by atoms with E-state index in [0.717, 1.165) is 31.9 Å². The molecule has 1 fully saturated rings. The molecule has 0 unspecified atom stereocenters. The molecule has 8 heteroatoms. The zero-order valence-electron chi connectivity index (χ0n) is 15.4. The Morgan fingerprint density at radius 2 is 1.85 bits per heavy atom. The number of nitrogens with zero attached hydrogens (tertiary/aromatic N) is 2. The molecule has 1 heterocycles. The van der Waals surface area contributed by atoms with E-state index in [0.29, 0.717) is 17.0 Å². The normalized spacial score (nSPS) is 14.7. The predicted molar refractivity (Wildman–Crippen MR) is 103 cm³/mol. The quantitative estimate of drug-likeness (QED) is 0.609. The van der Waals surface area contributed by atoms with Crippen molar-refractivity contribution >= 4 is 23.0 Å². The van der Waals surface area contributed by atoms with Gasteiger partial charge >= 0.3 is 0 Å². The number of hydrogen-bond donors (Lipinski definition) is 2. The van der Waals surface area contributed by atoms with Crippen molar-refractivity contribution in [2.24, 2.45) is 0 Å². The average Bonchev–Trinajstić information content (AvgIpc) is 2.68. The summed E-state index contributed by atoms with van der Waals surface area (Å²) in [6.07, 6.45) is 0. The summed E-state index contributed by atoms with van der Waals surface area (Å²) < 4.78 is 5.10. The van der Waals surface area contributed by atoms with E-state index < -0.39 is 4.92 Å². The lowest BCUT2D eigenvalue weighted by Gasteiger charge is -2.32. The molecular formula is C19H23N4O4+. The maximum absolute atomic E-state index is 12.6. The van der Waals surface area contributed by atoms with Crippen molar-refractivity contribution in [2.45, 2.75) is 0 Å². The Bertz CT molecular complexity index is 830. The lowest BCUT2D eigenvalue weighted by Crippen LogP contribution is -3.12. The Labute approximate surface area is 157 Å². The molecule has 1 amide bonds. The van der Waals surface area contributed by atoms with E-state index in [9.17, 15) is 14.9 Å². The number of nitro benzene ring substituents is 1. The van der Waals surface area contributed by atoms with Gasteiger partial charge in [0.1, 0.15) is 5.75 Å². The second-order valence-electron chi connectivity index (χ2n) is 6.59. The molecule has 8 nitrogen and oxygen atoms in total. The number of carbonyl (C=O) groups is 1. The minimum atomic E-state index is -0.457. The van der Waals surface area contributed by atoms with E-state index in [4.69, 9.17) is 4.74 Å². The van der Waals surface area contributed by atoms with Gasteiger partial charge in [-0.1, -0.05) is 0 Å². The minimum Gasteiger partial charge on any atom is -0.497 e. The first-order valence-corrected chi connectivity index (χ1v) is 8.78. The number of amides is 1. The molecule has 0 radical (unpaired) electrons. The van der Waals surface area contributed by atoms with Crippen molar-refractivity contribution in [3.05, 3.63) is 58.1 Å². The Balaban J connectivity index is 1.87. The number of ether oxygens (including phenoxy) is 1. The molecule has 2 aromatic carbocycles. The maximum Gasteiger partial charge on any atom is 0.271 e. The molecule has 3 rings (SSSR count). The van der Waals surface area contributed by atoms with Gasteiger partial charge in [0.15, 0.2) is 0 Å². The largest absolute Gasteiger partial charge is 0.497 e. The van der Waals surface area contributed by atoms with Gasteiger partial charge in [0.25, 0.3) is 11.6 Å². The Morgan fingerprint density at radius 3 is 2.44 bits per heavy atom. The van der Waals surface area contributed by atoms with E-state index in [2.05, 4.69) is 17.3 Å². The molecule has 27 heavy (non-hydrogen) atoms. The first-order valence-electron chi connectivity index (χ1n) is 8.78. The van der Waals surface area contributed by atoms with E-state index in [1.807, 2.05) is 0 Å². The number of carbonyl (C=O) groups excluding carboxylic acids is 1. The fourth-order valence-electron chi connectivity index (χ4n) is 3.08. The van der Waals surface area contributed by atoms with Crippen LogP contribution in [0.3, 0.4) is 0 Å². The lowest BCUT2D eigenvalue weighted by molar-refractivity contribution is -0.880. The third-order valence-corrected chi connectivity index (χ3v) is 4.75. The number of benzene rings is 2. The molecule has 142 valence electrons. The fraction of sp³-hybridized carbons (Fsp3) is 0.316. The summed E-state index contributed by atoms with van der Waals surface area (Å²) in [4.78, 5) is 26.9. The molecule has 0 saturated carbocycles. The minimum absolute atomic E-state index is 0.0523. The summed E-state index contributed by atoms with van der Waals surface area (Å²) in [5.74, 6) is 0.335. The van der Waals surface area contributed by atoms with Gasteiger partial charge < -0.3 is 19.9 Å². The van der Waals surface area contributed by atoms with Gasteiger partial charge in [-0.25, -0.2) is 0 Å². The highest BCUT2D eigenvalue weighted by Crippen LogP contribution is 2.31. The first-order chi connectivity index (χ1) is 13.0. The highest BCUT2D eigenvalue weighted by atomic mass is 16.6. The summed E-state index contributed by atoms with van der Waals surface area (Å²) in [6.45, 7) is 3.61. The summed E-state index contributed by atoms with van der Waals surface area (Å²) in [6, 6.07) is 11.3. The number of rotatable bonds is 5. The smallest absolute Gasteiger partial charge is 0.271 e. The van der Waals surface area contributed by atoms with E-state index in [1.54, 1.807) is 37.4 Å². The molecule has 1 saturated heterocycles. The molecule has 0 bridgehead atoms. The maximum atomic E-state index is 12.6. The number of methoxy groups -OCH3 is 1. The van der Waals surface area contributed by atoms with Gasteiger partial charge in [0.05, 0.1) is 56.6 Å². The van der Waals surface area contributed by atoms with Crippen molar-refractivity contribution in [3.63, 3.8) is 0 Å². The van der Waals surface area contributed by atoms with Crippen LogP contribution < -0.4 is 19.9 Å². The second kappa shape index (κ2) is 8.05. The van der Waals surface area contributed by atoms with E-state index in [1.165, 1.54) is 17.0 Å². The fourth-order valence-corrected chi connectivity index (χ4v) is 3.08. The van der Waals surface area contributed by atoms with Crippen molar-refractivity contribution < 1.29 is 19.4 Å². The van der Waals surface area contributed by atoms with Crippen LogP contribution in [-0.4, -0.2) is 51.2 Å². The molecular weight excluding hydrogens is 348 g/mol. The first kappa shape index (κ1) is 18.7. The monoisotopic (exact) mass is 371 g/mol. The number of hydrogen-bond acceptors (Lipinski definition) is 5. The summed E-state index contributed by atoms with van der Waals surface area (Å²) in [5.41, 5.74) is 1.65. The van der Waals surface area contributed by atoms with Gasteiger partial charge in [-0.3, -0.25) is 14.9 Å². The number of likely N-dealkylation sites (N-methyl/N-ethyl adjacent to an activating group) is 1. The molecule has 2 aromatic rings. The van der Waals surface area contributed by atoms with Crippen molar-refractivity contribution in [1.29, 1.82) is 0 Å². The van der Waals surface area contributed by atoms with Crippen LogP contribution in [0.25, 0.3) is 0 Å². The third-order valence-electron chi connectivity index (χ3n) is 4.75. The van der Waals surface area contributed by atoms with E-state index in [-0.39, 0.29) is 11.6 Å².